The van der Waals surface area contributed by atoms with Crippen LogP contribution >= 0.6 is 0 Å². The van der Waals surface area contributed by atoms with E-state index < -0.39 is 0 Å². The first-order valence-electron chi connectivity index (χ1n) is 7.37. The summed E-state index contributed by atoms with van der Waals surface area (Å²) in [4.78, 5) is 12.5. The molecule has 108 valence electrons. The average Bonchev–Trinajstić information content (AvgIpc) is 2.24. The molecule has 0 aromatic heterocycles. The third kappa shape index (κ3) is 4.29. The second kappa shape index (κ2) is 7.16. The highest BCUT2D eigenvalue weighted by Gasteiger charge is 2.39. The molecule has 0 aliphatic heterocycles. The van der Waals surface area contributed by atoms with E-state index >= 15 is 0 Å². The van der Waals surface area contributed by atoms with Crippen LogP contribution in [0.5, 0.6) is 0 Å². The number of carbonyl (C=O) groups is 1. The van der Waals surface area contributed by atoms with Crippen molar-refractivity contribution in [2.75, 3.05) is 0 Å². The van der Waals surface area contributed by atoms with Crippen molar-refractivity contribution in [1.29, 1.82) is 0 Å². The Labute approximate surface area is 113 Å². The fourth-order valence-corrected chi connectivity index (χ4v) is 2.45. The lowest BCUT2D eigenvalue weighted by molar-refractivity contribution is -0.169. The van der Waals surface area contributed by atoms with Gasteiger partial charge in [-0.3, -0.25) is 4.79 Å². The molecule has 2 nitrogen and oxygen atoms in total. The van der Waals surface area contributed by atoms with Crippen molar-refractivity contribution in [3.05, 3.63) is 0 Å². The van der Waals surface area contributed by atoms with Crippen LogP contribution in [0.4, 0.5) is 0 Å². The summed E-state index contributed by atoms with van der Waals surface area (Å²) >= 11 is 0. The van der Waals surface area contributed by atoms with Gasteiger partial charge >= 0.3 is 5.97 Å². The average molecular weight is 256 g/mol. The molecule has 2 heteroatoms. The third-order valence-corrected chi connectivity index (χ3v) is 4.07. The zero-order chi connectivity index (χ0) is 14.5. The van der Waals surface area contributed by atoms with Crippen molar-refractivity contribution in [2.45, 2.75) is 74.3 Å². The Bertz CT molecular complexity index is 248. The van der Waals surface area contributed by atoms with E-state index in [4.69, 9.17) is 4.74 Å². The summed E-state index contributed by atoms with van der Waals surface area (Å²) in [7, 11) is 0. The molecule has 0 aliphatic carbocycles. The normalized spacial score (nSPS) is 15.6. The Morgan fingerprint density at radius 1 is 1.06 bits per heavy atom. The van der Waals surface area contributed by atoms with Gasteiger partial charge in [0.1, 0.15) is 6.10 Å². The fourth-order valence-electron chi connectivity index (χ4n) is 2.45. The van der Waals surface area contributed by atoms with Crippen LogP contribution in [0.15, 0.2) is 0 Å². The van der Waals surface area contributed by atoms with Gasteiger partial charge in [0.15, 0.2) is 0 Å². The summed E-state index contributed by atoms with van der Waals surface area (Å²) < 4.78 is 5.81. The van der Waals surface area contributed by atoms with E-state index in [-0.39, 0.29) is 17.5 Å². The van der Waals surface area contributed by atoms with E-state index in [1.807, 2.05) is 6.92 Å². The van der Waals surface area contributed by atoms with Gasteiger partial charge in [0.25, 0.3) is 0 Å². The molecular formula is C16H32O2. The van der Waals surface area contributed by atoms with Crippen LogP contribution in [0.25, 0.3) is 0 Å². The molecule has 18 heavy (non-hydrogen) atoms. The second-order valence-corrected chi connectivity index (χ2v) is 6.68. The molecule has 0 saturated heterocycles. The van der Waals surface area contributed by atoms with Crippen LogP contribution in [0.3, 0.4) is 0 Å². The van der Waals surface area contributed by atoms with E-state index in [9.17, 15) is 4.79 Å². The number of rotatable bonds is 7. The van der Waals surface area contributed by atoms with Crippen LogP contribution in [0.2, 0.25) is 0 Å². The first-order chi connectivity index (χ1) is 8.16. The van der Waals surface area contributed by atoms with Gasteiger partial charge in [-0.1, -0.05) is 54.9 Å². The van der Waals surface area contributed by atoms with Crippen molar-refractivity contribution in [1.82, 2.24) is 0 Å². The summed E-state index contributed by atoms with van der Waals surface area (Å²) in [5, 5.41) is 0. The Hall–Kier alpha value is -0.530. The van der Waals surface area contributed by atoms with E-state index in [0.29, 0.717) is 17.8 Å². The maximum absolute atomic E-state index is 12.5. The molecule has 0 saturated carbocycles. The molecule has 0 N–H and O–H groups in total. The largest absolute Gasteiger partial charge is 0.461 e. The highest BCUT2D eigenvalue weighted by Crippen LogP contribution is 2.35. The fraction of sp³-hybridized carbons (Fsp3) is 0.938. The maximum atomic E-state index is 12.5. The van der Waals surface area contributed by atoms with Gasteiger partial charge in [0.2, 0.25) is 0 Å². The third-order valence-electron chi connectivity index (χ3n) is 4.07. The molecule has 1 unspecified atom stereocenters. The standard InChI is InChI=1S/C16H32O2/c1-9-10-16(8,13(6)7)15(17)18-14(11(2)3)12(4)5/h11-14H,9-10H2,1-8H3. The molecule has 0 fully saturated rings. The van der Waals surface area contributed by atoms with Crippen molar-refractivity contribution in [2.24, 2.45) is 23.2 Å². The number of hydrogen-bond donors (Lipinski definition) is 0. The lowest BCUT2D eigenvalue weighted by Gasteiger charge is -2.35. The Morgan fingerprint density at radius 3 is 1.78 bits per heavy atom. The van der Waals surface area contributed by atoms with Crippen LogP contribution in [0.1, 0.15) is 68.2 Å². The van der Waals surface area contributed by atoms with Crippen LogP contribution in [-0.2, 0) is 9.53 Å². The topological polar surface area (TPSA) is 26.3 Å². The Balaban J connectivity index is 4.89. The van der Waals surface area contributed by atoms with Crippen LogP contribution in [0, 0.1) is 23.2 Å². The minimum Gasteiger partial charge on any atom is -0.461 e. The molecule has 1 atom stereocenters. The Kier molecular flexibility index (Phi) is 6.94. The zero-order valence-corrected chi connectivity index (χ0v) is 13.5. The number of ether oxygens (including phenoxy) is 1. The quantitative estimate of drug-likeness (QED) is 0.619. The lowest BCUT2D eigenvalue weighted by Crippen LogP contribution is -2.40. The lowest BCUT2D eigenvalue weighted by atomic mass is 9.75. The molecule has 0 spiro atoms. The van der Waals surface area contributed by atoms with Crippen molar-refractivity contribution in [3.63, 3.8) is 0 Å². The minimum absolute atomic E-state index is 0.0208. The molecule has 0 amide bonds. The molecule has 0 aliphatic rings. The predicted molar refractivity (Wildman–Crippen MR) is 77.4 cm³/mol. The minimum atomic E-state index is -0.350. The smallest absolute Gasteiger partial charge is 0.312 e. The number of hydrogen-bond acceptors (Lipinski definition) is 2. The predicted octanol–water partition coefficient (Wildman–Crippen LogP) is 4.67. The van der Waals surface area contributed by atoms with E-state index in [2.05, 4.69) is 48.5 Å². The van der Waals surface area contributed by atoms with Crippen molar-refractivity contribution < 1.29 is 9.53 Å². The molecule has 0 heterocycles. The summed E-state index contributed by atoms with van der Waals surface area (Å²) in [6.07, 6.45) is 1.93. The Morgan fingerprint density at radius 2 is 1.50 bits per heavy atom. The maximum Gasteiger partial charge on any atom is 0.312 e. The summed E-state index contributed by atoms with van der Waals surface area (Å²) in [6, 6.07) is 0. The van der Waals surface area contributed by atoms with Gasteiger partial charge in [0, 0.05) is 0 Å². The molecular weight excluding hydrogens is 224 g/mol. The van der Waals surface area contributed by atoms with Gasteiger partial charge in [0.05, 0.1) is 5.41 Å². The zero-order valence-electron chi connectivity index (χ0n) is 13.5. The van der Waals surface area contributed by atoms with E-state index in [1.165, 1.54) is 0 Å². The van der Waals surface area contributed by atoms with Gasteiger partial charge in [-0.15, -0.1) is 0 Å². The monoisotopic (exact) mass is 256 g/mol. The van der Waals surface area contributed by atoms with Crippen LogP contribution in [-0.4, -0.2) is 12.1 Å². The summed E-state index contributed by atoms with van der Waals surface area (Å²) in [5.74, 6) is 1.02. The molecule has 0 rings (SSSR count). The highest BCUT2D eigenvalue weighted by molar-refractivity contribution is 5.76. The van der Waals surface area contributed by atoms with Gasteiger partial charge in [-0.05, 0) is 31.1 Å². The van der Waals surface area contributed by atoms with Gasteiger partial charge in [-0.2, -0.15) is 0 Å². The second-order valence-electron chi connectivity index (χ2n) is 6.68. The van der Waals surface area contributed by atoms with Crippen molar-refractivity contribution in [3.8, 4) is 0 Å². The molecule has 0 aromatic carbocycles. The molecule has 0 bridgehead atoms. The highest BCUT2D eigenvalue weighted by atomic mass is 16.5. The number of esters is 1. The number of carbonyl (C=O) groups excluding carboxylic acids is 1. The summed E-state index contributed by atoms with van der Waals surface area (Å²) in [6.45, 7) is 16.8. The van der Waals surface area contributed by atoms with Crippen LogP contribution < -0.4 is 0 Å². The first kappa shape index (κ1) is 17.5. The van der Waals surface area contributed by atoms with E-state index in [0.717, 1.165) is 12.8 Å². The molecule has 0 aromatic rings. The van der Waals surface area contributed by atoms with E-state index in [1.54, 1.807) is 0 Å². The first-order valence-corrected chi connectivity index (χ1v) is 7.37. The van der Waals surface area contributed by atoms with Gasteiger partial charge in [-0.25, -0.2) is 0 Å². The van der Waals surface area contributed by atoms with Crippen molar-refractivity contribution >= 4 is 5.97 Å². The van der Waals surface area contributed by atoms with Gasteiger partial charge < -0.3 is 4.74 Å². The molecule has 0 radical (unpaired) electrons. The summed E-state index contributed by atoms with van der Waals surface area (Å²) in [5.41, 5.74) is -0.350. The SMILES string of the molecule is CCCC(C)(C(=O)OC(C(C)C)C(C)C)C(C)C.